The fraction of sp³-hybridized carbons (Fsp3) is 0.667. The quantitative estimate of drug-likeness (QED) is 0.773. The molecule has 0 saturated heterocycles. The van der Waals surface area contributed by atoms with Crippen LogP contribution in [0.15, 0.2) is 30.3 Å². The van der Waals surface area contributed by atoms with E-state index in [4.69, 9.17) is 0 Å². The summed E-state index contributed by atoms with van der Waals surface area (Å²) in [6, 6.07) is 11.9. The molecule has 0 aliphatic heterocycles. The minimum atomic E-state index is 0.251. The Balaban J connectivity index is 1.85. The number of nitrogens with zero attached hydrogens (tertiary/aromatic N) is 1. The molecular weight excluding hydrogens is 260 g/mol. The number of rotatable bonds is 8. The molecule has 118 valence electrons. The first-order valence-electron chi connectivity index (χ1n) is 8.45. The molecule has 21 heavy (non-hydrogen) atoms. The summed E-state index contributed by atoms with van der Waals surface area (Å²) < 4.78 is 0. The molecule has 3 nitrogen and oxygen atoms in total. The van der Waals surface area contributed by atoms with Crippen molar-refractivity contribution in [1.82, 2.24) is 10.2 Å². The van der Waals surface area contributed by atoms with Gasteiger partial charge in [0.2, 0.25) is 0 Å². The van der Waals surface area contributed by atoms with E-state index in [2.05, 4.69) is 47.5 Å². The van der Waals surface area contributed by atoms with Gasteiger partial charge < -0.3 is 10.4 Å². The van der Waals surface area contributed by atoms with Gasteiger partial charge in [-0.2, -0.15) is 0 Å². The maximum Gasteiger partial charge on any atom is 0.0558 e. The van der Waals surface area contributed by atoms with E-state index < -0.39 is 0 Å². The Morgan fingerprint density at radius 1 is 1.14 bits per heavy atom. The molecule has 2 rings (SSSR count). The normalized spacial score (nSPS) is 22.6. The minimum Gasteiger partial charge on any atom is -0.395 e. The summed E-state index contributed by atoms with van der Waals surface area (Å²) in [7, 11) is 0. The summed E-state index contributed by atoms with van der Waals surface area (Å²) in [6.07, 6.45) is 6.23. The number of hydrogen-bond donors (Lipinski definition) is 2. The average Bonchev–Trinajstić information content (AvgIpc) is 2.54. The van der Waals surface area contributed by atoms with Crippen molar-refractivity contribution in [3.8, 4) is 0 Å². The molecule has 1 aliphatic carbocycles. The van der Waals surface area contributed by atoms with Crippen LogP contribution in [0.1, 0.15) is 44.6 Å². The van der Waals surface area contributed by atoms with Crippen LogP contribution < -0.4 is 5.32 Å². The third kappa shape index (κ3) is 5.42. The monoisotopic (exact) mass is 290 g/mol. The van der Waals surface area contributed by atoms with Gasteiger partial charge in [-0.3, -0.25) is 4.90 Å². The van der Waals surface area contributed by atoms with Crippen LogP contribution in [0.2, 0.25) is 0 Å². The molecule has 0 unspecified atom stereocenters. The molecule has 1 fully saturated rings. The number of benzene rings is 1. The summed E-state index contributed by atoms with van der Waals surface area (Å²) >= 11 is 0. The van der Waals surface area contributed by atoms with E-state index in [1.807, 2.05) is 0 Å². The first-order valence-corrected chi connectivity index (χ1v) is 8.45. The van der Waals surface area contributed by atoms with Crippen LogP contribution in [0, 0.1) is 0 Å². The van der Waals surface area contributed by atoms with Crippen LogP contribution in [-0.2, 0) is 6.54 Å². The van der Waals surface area contributed by atoms with E-state index in [0.29, 0.717) is 12.1 Å². The lowest BCUT2D eigenvalue weighted by molar-refractivity contribution is 0.109. The molecule has 3 heteroatoms. The highest BCUT2D eigenvalue weighted by Gasteiger charge is 2.25. The maximum absolute atomic E-state index is 9.36. The lowest BCUT2D eigenvalue weighted by atomic mass is 9.89. The van der Waals surface area contributed by atoms with Gasteiger partial charge >= 0.3 is 0 Å². The Hall–Kier alpha value is -0.900. The Morgan fingerprint density at radius 3 is 2.48 bits per heavy atom. The number of aliphatic hydroxyl groups is 1. The summed E-state index contributed by atoms with van der Waals surface area (Å²) in [6.45, 7) is 5.35. The van der Waals surface area contributed by atoms with Gasteiger partial charge in [0.15, 0.2) is 0 Å². The maximum atomic E-state index is 9.36. The second-order valence-electron chi connectivity index (χ2n) is 6.14. The zero-order valence-corrected chi connectivity index (χ0v) is 13.3. The standard InChI is InChI=1S/C18H30N2O/c1-2-12-19-17-8-10-18(11-9-17)20(13-14-21)15-16-6-4-3-5-7-16/h3-7,17-19,21H,2,8-15H2,1H3. The van der Waals surface area contributed by atoms with Crippen LogP contribution in [0.3, 0.4) is 0 Å². The highest BCUT2D eigenvalue weighted by atomic mass is 16.3. The van der Waals surface area contributed by atoms with Crippen LogP contribution in [0.4, 0.5) is 0 Å². The van der Waals surface area contributed by atoms with Crippen molar-refractivity contribution >= 4 is 0 Å². The van der Waals surface area contributed by atoms with Crippen molar-refractivity contribution in [2.45, 2.75) is 57.7 Å². The van der Waals surface area contributed by atoms with Crippen molar-refractivity contribution < 1.29 is 5.11 Å². The predicted molar refractivity (Wildman–Crippen MR) is 88.3 cm³/mol. The fourth-order valence-corrected chi connectivity index (χ4v) is 3.33. The van der Waals surface area contributed by atoms with Gasteiger partial charge in [0, 0.05) is 25.2 Å². The zero-order chi connectivity index (χ0) is 14.9. The van der Waals surface area contributed by atoms with Gasteiger partial charge in [0.05, 0.1) is 6.61 Å². The summed E-state index contributed by atoms with van der Waals surface area (Å²) in [5, 5.41) is 13.0. The molecule has 0 radical (unpaired) electrons. The van der Waals surface area contributed by atoms with Crippen LogP contribution in [-0.4, -0.2) is 41.8 Å². The molecule has 0 atom stereocenters. The van der Waals surface area contributed by atoms with Gasteiger partial charge in [0.25, 0.3) is 0 Å². The van der Waals surface area contributed by atoms with Crippen molar-refractivity contribution in [3.63, 3.8) is 0 Å². The van der Waals surface area contributed by atoms with Gasteiger partial charge in [0.1, 0.15) is 0 Å². The second kappa shape index (κ2) is 9.19. The van der Waals surface area contributed by atoms with Crippen molar-refractivity contribution in [3.05, 3.63) is 35.9 Å². The molecule has 1 aliphatic rings. The number of hydrogen-bond acceptors (Lipinski definition) is 3. The lowest BCUT2D eigenvalue weighted by Gasteiger charge is -2.37. The van der Waals surface area contributed by atoms with Crippen LogP contribution >= 0.6 is 0 Å². The summed E-state index contributed by atoms with van der Waals surface area (Å²) in [5.74, 6) is 0. The van der Waals surface area contributed by atoms with Crippen LogP contribution in [0.5, 0.6) is 0 Å². The third-order valence-electron chi connectivity index (χ3n) is 4.51. The highest BCUT2D eigenvalue weighted by Crippen LogP contribution is 2.24. The lowest BCUT2D eigenvalue weighted by Crippen LogP contribution is -2.43. The van der Waals surface area contributed by atoms with Crippen LogP contribution in [0.25, 0.3) is 0 Å². The van der Waals surface area contributed by atoms with Gasteiger partial charge in [-0.25, -0.2) is 0 Å². The Morgan fingerprint density at radius 2 is 1.86 bits per heavy atom. The number of aliphatic hydroxyl groups excluding tert-OH is 1. The first kappa shape index (κ1) is 16.5. The Bertz CT molecular complexity index is 374. The van der Waals surface area contributed by atoms with E-state index in [0.717, 1.165) is 19.6 Å². The molecule has 0 bridgehead atoms. The molecule has 1 aromatic carbocycles. The first-order chi connectivity index (χ1) is 10.3. The van der Waals surface area contributed by atoms with E-state index in [1.165, 1.54) is 37.7 Å². The van der Waals surface area contributed by atoms with E-state index >= 15 is 0 Å². The highest BCUT2D eigenvalue weighted by molar-refractivity contribution is 5.14. The van der Waals surface area contributed by atoms with E-state index in [1.54, 1.807) is 0 Å². The Kier molecular flexibility index (Phi) is 7.20. The van der Waals surface area contributed by atoms with Crippen molar-refractivity contribution in [1.29, 1.82) is 0 Å². The molecule has 1 aromatic rings. The fourth-order valence-electron chi connectivity index (χ4n) is 3.33. The molecule has 1 saturated carbocycles. The largest absolute Gasteiger partial charge is 0.395 e. The molecule has 0 spiro atoms. The third-order valence-corrected chi connectivity index (χ3v) is 4.51. The van der Waals surface area contributed by atoms with Crippen molar-refractivity contribution in [2.75, 3.05) is 19.7 Å². The molecule has 0 amide bonds. The average molecular weight is 290 g/mol. The minimum absolute atomic E-state index is 0.251. The van der Waals surface area contributed by atoms with E-state index in [9.17, 15) is 5.11 Å². The molecular formula is C18H30N2O. The smallest absolute Gasteiger partial charge is 0.0558 e. The summed E-state index contributed by atoms with van der Waals surface area (Å²) in [5.41, 5.74) is 1.34. The molecule has 0 heterocycles. The SMILES string of the molecule is CCCNC1CCC(N(CCO)Cc2ccccc2)CC1. The van der Waals surface area contributed by atoms with Gasteiger partial charge in [-0.05, 0) is 44.2 Å². The molecule has 2 N–H and O–H groups in total. The Labute approximate surface area is 129 Å². The predicted octanol–water partition coefficient (Wildman–Crippen LogP) is 2.79. The second-order valence-corrected chi connectivity index (χ2v) is 6.14. The summed E-state index contributed by atoms with van der Waals surface area (Å²) in [4.78, 5) is 2.46. The number of nitrogens with one attached hydrogen (secondary N) is 1. The molecule has 0 aromatic heterocycles. The van der Waals surface area contributed by atoms with Gasteiger partial charge in [-0.1, -0.05) is 37.3 Å². The topological polar surface area (TPSA) is 35.5 Å². The van der Waals surface area contributed by atoms with Gasteiger partial charge in [-0.15, -0.1) is 0 Å². The van der Waals surface area contributed by atoms with E-state index in [-0.39, 0.29) is 6.61 Å². The van der Waals surface area contributed by atoms with Crippen molar-refractivity contribution in [2.24, 2.45) is 0 Å². The zero-order valence-electron chi connectivity index (χ0n) is 13.3.